The van der Waals surface area contributed by atoms with E-state index in [2.05, 4.69) is 29.7 Å². The summed E-state index contributed by atoms with van der Waals surface area (Å²) in [6.45, 7) is 6.04. The highest BCUT2D eigenvalue weighted by molar-refractivity contribution is 5.01. The predicted molar refractivity (Wildman–Crippen MR) is 69.9 cm³/mol. The molecule has 1 aromatic rings. The van der Waals surface area contributed by atoms with Gasteiger partial charge < -0.3 is 10.5 Å². The van der Waals surface area contributed by atoms with Gasteiger partial charge in [0, 0.05) is 38.2 Å². The molecule has 0 fully saturated rings. The van der Waals surface area contributed by atoms with Crippen LogP contribution in [0.2, 0.25) is 0 Å². The quantitative estimate of drug-likeness (QED) is 0.704. The van der Waals surface area contributed by atoms with E-state index in [-0.39, 0.29) is 6.04 Å². The average molecular weight is 239 g/mol. The molecule has 1 atom stereocenters. The van der Waals surface area contributed by atoms with Crippen LogP contribution in [0.4, 0.5) is 0 Å². The van der Waals surface area contributed by atoms with Gasteiger partial charge in [-0.3, -0.25) is 4.68 Å². The number of nitrogens with zero attached hydrogens (tertiary/aromatic N) is 2. The number of hydrogen-bond acceptors (Lipinski definition) is 3. The van der Waals surface area contributed by atoms with Crippen molar-refractivity contribution in [3.63, 3.8) is 0 Å². The van der Waals surface area contributed by atoms with Crippen LogP contribution in [0.15, 0.2) is 12.3 Å². The summed E-state index contributed by atoms with van der Waals surface area (Å²) in [6.07, 6.45) is 4.89. The van der Waals surface area contributed by atoms with Crippen molar-refractivity contribution >= 4 is 0 Å². The van der Waals surface area contributed by atoms with Gasteiger partial charge in [-0.1, -0.05) is 13.8 Å². The fourth-order valence-electron chi connectivity index (χ4n) is 1.78. The highest BCUT2D eigenvalue weighted by Gasteiger charge is 2.09. The lowest BCUT2D eigenvalue weighted by atomic mass is 9.99. The lowest BCUT2D eigenvalue weighted by molar-refractivity contribution is 0.188. The Kier molecular flexibility index (Phi) is 6.22. The van der Waals surface area contributed by atoms with Crippen LogP contribution in [0.1, 0.15) is 32.4 Å². The fourth-order valence-corrected chi connectivity index (χ4v) is 1.78. The Morgan fingerprint density at radius 2 is 2.24 bits per heavy atom. The molecular weight excluding hydrogens is 214 g/mol. The van der Waals surface area contributed by atoms with Crippen LogP contribution in [0.25, 0.3) is 0 Å². The molecule has 0 aliphatic rings. The van der Waals surface area contributed by atoms with Gasteiger partial charge in [-0.25, -0.2) is 0 Å². The standard InChI is InChI=1S/C13H25N3O/c1-11(2)13(14)6-5-12-7-8-15-16(12)9-4-10-17-3/h7-8,11,13H,4-6,9-10,14H2,1-3H3. The first-order valence-corrected chi connectivity index (χ1v) is 6.40. The summed E-state index contributed by atoms with van der Waals surface area (Å²) in [4.78, 5) is 0. The Morgan fingerprint density at radius 1 is 1.47 bits per heavy atom. The third-order valence-corrected chi connectivity index (χ3v) is 3.11. The molecule has 17 heavy (non-hydrogen) atoms. The molecule has 0 amide bonds. The van der Waals surface area contributed by atoms with Crippen molar-refractivity contribution in [2.24, 2.45) is 11.7 Å². The van der Waals surface area contributed by atoms with Crippen LogP contribution in [0, 0.1) is 5.92 Å². The number of methoxy groups -OCH3 is 1. The Labute approximate surface area is 104 Å². The molecule has 4 nitrogen and oxygen atoms in total. The zero-order valence-electron chi connectivity index (χ0n) is 11.2. The molecule has 0 saturated carbocycles. The molecule has 1 rings (SSSR count). The van der Waals surface area contributed by atoms with Gasteiger partial charge in [0.05, 0.1) is 0 Å². The van der Waals surface area contributed by atoms with Gasteiger partial charge in [-0.05, 0) is 31.2 Å². The monoisotopic (exact) mass is 239 g/mol. The van der Waals surface area contributed by atoms with Crippen LogP contribution in [0.3, 0.4) is 0 Å². The molecule has 0 saturated heterocycles. The summed E-state index contributed by atoms with van der Waals surface area (Å²) in [5.74, 6) is 0.542. The predicted octanol–water partition coefficient (Wildman–Crippen LogP) is 1.84. The van der Waals surface area contributed by atoms with Crippen molar-refractivity contribution in [2.75, 3.05) is 13.7 Å². The maximum absolute atomic E-state index is 6.06. The van der Waals surface area contributed by atoms with E-state index in [0.29, 0.717) is 5.92 Å². The Morgan fingerprint density at radius 3 is 2.88 bits per heavy atom. The van der Waals surface area contributed by atoms with E-state index >= 15 is 0 Å². The smallest absolute Gasteiger partial charge is 0.0492 e. The highest BCUT2D eigenvalue weighted by Crippen LogP contribution is 2.09. The first-order chi connectivity index (χ1) is 8.15. The zero-order chi connectivity index (χ0) is 12.7. The van der Waals surface area contributed by atoms with Gasteiger partial charge in [0.25, 0.3) is 0 Å². The molecule has 0 spiro atoms. The molecular formula is C13H25N3O. The molecule has 1 heterocycles. The van der Waals surface area contributed by atoms with Gasteiger partial charge in [0.15, 0.2) is 0 Å². The van der Waals surface area contributed by atoms with Crippen molar-refractivity contribution < 1.29 is 4.74 Å². The van der Waals surface area contributed by atoms with E-state index in [1.165, 1.54) is 5.69 Å². The second-order valence-corrected chi connectivity index (χ2v) is 4.84. The Hall–Kier alpha value is -0.870. The Balaban J connectivity index is 2.40. The maximum Gasteiger partial charge on any atom is 0.0492 e. The van der Waals surface area contributed by atoms with Crippen molar-refractivity contribution in [3.8, 4) is 0 Å². The van der Waals surface area contributed by atoms with Crippen molar-refractivity contribution in [1.82, 2.24) is 9.78 Å². The van der Waals surface area contributed by atoms with Crippen LogP contribution in [-0.2, 0) is 17.7 Å². The SMILES string of the molecule is COCCCn1nccc1CCC(N)C(C)C. The highest BCUT2D eigenvalue weighted by atomic mass is 16.5. The maximum atomic E-state index is 6.06. The van der Waals surface area contributed by atoms with E-state index in [1.807, 2.05) is 6.20 Å². The van der Waals surface area contributed by atoms with Gasteiger partial charge in [-0.15, -0.1) is 0 Å². The number of ether oxygens (including phenoxy) is 1. The zero-order valence-corrected chi connectivity index (χ0v) is 11.2. The second-order valence-electron chi connectivity index (χ2n) is 4.84. The molecule has 0 aliphatic heterocycles. The topological polar surface area (TPSA) is 53.1 Å². The molecule has 98 valence electrons. The third-order valence-electron chi connectivity index (χ3n) is 3.11. The van der Waals surface area contributed by atoms with Crippen molar-refractivity contribution in [3.05, 3.63) is 18.0 Å². The summed E-state index contributed by atoms with van der Waals surface area (Å²) in [6, 6.07) is 2.36. The van der Waals surface area contributed by atoms with Gasteiger partial charge in [0.1, 0.15) is 0 Å². The largest absolute Gasteiger partial charge is 0.385 e. The molecule has 4 heteroatoms. The van der Waals surface area contributed by atoms with Gasteiger partial charge >= 0.3 is 0 Å². The Bertz CT molecular complexity index is 309. The van der Waals surface area contributed by atoms with E-state index in [4.69, 9.17) is 10.5 Å². The van der Waals surface area contributed by atoms with Crippen molar-refractivity contribution in [1.29, 1.82) is 0 Å². The third kappa shape index (κ3) is 4.88. The summed E-state index contributed by atoms with van der Waals surface area (Å²) in [7, 11) is 1.73. The molecule has 0 bridgehead atoms. The molecule has 0 radical (unpaired) electrons. The number of hydrogen-bond donors (Lipinski definition) is 1. The molecule has 2 N–H and O–H groups in total. The van der Waals surface area contributed by atoms with Gasteiger partial charge in [0.2, 0.25) is 0 Å². The molecule has 1 aromatic heterocycles. The van der Waals surface area contributed by atoms with Crippen LogP contribution in [0.5, 0.6) is 0 Å². The summed E-state index contributed by atoms with van der Waals surface area (Å²) >= 11 is 0. The first-order valence-electron chi connectivity index (χ1n) is 6.40. The minimum absolute atomic E-state index is 0.275. The lowest BCUT2D eigenvalue weighted by Crippen LogP contribution is -2.27. The van der Waals surface area contributed by atoms with Gasteiger partial charge in [-0.2, -0.15) is 5.10 Å². The number of rotatable bonds is 8. The van der Waals surface area contributed by atoms with Crippen LogP contribution in [-0.4, -0.2) is 29.5 Å². The van der Waals surface area contributed by atoms with Crippen LogP contribution < -0.4 is 5.73 Å². The first kappa shape index (κ1) is 14.2. The molecule has 1 unspecified atom stereocenters. The van der Waals surface area contributed by atoms with Crippen LogP contribution >= 0.6 is 0 Å². The van der Waals surface area contributed by atoms with E-state index in [1.54, 1.807) is 7.11 Å². The second kappa shape index (κ2) is 7.45. The summed E-state index contributed by atoms with van der Waals surface area (Å²) in [5.41, 5.74) is 7.33. The number of aromatic nitrogens is 2. The number of nitrogens with two attached hydrogens (primary N) is 1. The minimum Gasteiger partial charge on any atom is -0.385 e. The average Bonchev–Trinajstić information content (AvgIpc) is 2.74. The van der Waals surface area contributed by atoms with E-state index in [9.17, 15) is 0 Å². The number of aryl methyl sites for hydroxylation is 2. The van der Waals surface area contributed by atoms with E-state index < -0.39 is 0 Å². The van der Waals surface area contributed by atoms with E-state index in [0.717, 1.165) is 32.4 Å². The lowest BCUT2D eigenvalue weighted by Gasteiger charge is -2.15. The molecule has 0 aromatic carbocycles. The minimum atomic E-state index is 0.275. The van der Waals surface area contributed by atoms with Crippen molar-refractivity contribution in [2.45, 2.75) is 45.7 Å². The molecule has 0 aliphatic carbocycles. The summed E-state index contributed by atoms with van der Waals surface area (Å²) in [5, 5.41) is 4.33. The normalized spacial score (nSPS) is 13.2. The summed E-state index contributed by atoms with van der Waals surface area (Å²) < 4.78 is 7.11. The fraction of sp³-hybridized carbons (Fsp3) is 0.769.